The minimum absolute atomic E-state index is 0.117. The number of aliphatic hydroxyl groups is 1. The zero-order valence-electron chi connectivity index (χ0n) is 11.8. The number of hydrogen-bond acceptors (Lipinski definition) is 5. The molecule has 0 radical (unpaired) electrons. The number of rotatable bonds is 1. The van der Waals surface area contributed by atoms with E-state index in [0.717, 1.165) is 16.5 Å². The van der Waals surface area contributed by atoms with Gasteiger partial charge in [0.05, 0.1) is 22.0 Å². The number of carbonyl (C=O) groups is 1. The van der Waals surface area contributed by atoms with Gasteiger partial charge < -0.3 is 19.5 Å². The zero-order valence-corrected chi connectivity index (χ0v) is 12.6. The van der Waals surface area contributed by atoms with Crippen LogP contribution >= 0.6 is 11.6 Å². The largest absolute Gasteiger partial charge is 0.453 e. The molecule has 114 valence electrons. The van der Waals surface area contributed by atoms with Gasteiger partial charge in [0, 0.05) is 12.7 Å². The van der Waals surface area contributed by atoms with Gasteiger partial charge in [0.25, 0.3) is 0 Å². The van der Waals surface area contributed by atoms with Gasteiger partial charge in [0.1, 0.15) is 6.61 Å². The predicted molar refractivity (Wildman–Crippen MR) is 78.9 cm³/mol. The van der Waals surface area contributed by atoms with E-state index < -0.39 is 6.61 Å². The standard InChI is InChI=1S/C15H13ClN2O4/c1-7-12-8(4-18(7)11(20)5-19)3-17-10-2-9(16)14-15(13(10)12)22-6-21-14/h2-3,7,19H,4-6H2,1H3/t7-/m0/s1. The third kappa shape index (κ3) is 1.71. The van der Waals surface area contributed by atoms with Crippen molar-refractivity contribution in [3.63, 3.8) is 0 Å². The number of nitrogens with zero attached hydrogens (tertiary/aromatic N) is 2. The molecule has 1 N–H and O–H groups in total. The lowest BCUT2D eigenvalue weighted by Crippen LogP contribution is -2.30. The van der Waals surface area contributed by atoms with Crippen LogP contribution in [0.3, 0.4) is 0 Å². The van der Waals surface area contributed by atoms with E-state index in [1.807, 2.05) is 6.92 Å². The number of aliphatic hydroxyl groups excluding tert-OH is 1. The number of benzene rings is 1. The normalized spacial score (nSPS) is 18.9. The Morgan fingerprint density at radius 3 is 3.05 bits per heavy atom. The highest BCUT2D eigenvalue weighted by atomic mass is 35.5. The second-order valence-electron chi connectivity index (χ2n) is 5.37. The van der Waals surface area contributed by atoms with E-state index in [2.05, 4.69) is 4.98 Å². The Bertz CT molecular complexity index is 808. The number of halogens is 1. The molecule has 2 aliphatic rings. The summed E-state index contributed by atoms with van der Waals surface area (Å²) in [4.78, 5) is 17.9. The van der Waals surface area contributed by atoms with E-state index in [1.165, 1.54) is 0 Å². The van der Waals surface area contributed by atoms with Gasteiger partial charge in [-0.25, -0.2) is 0 Å². The van der Waals surface area contributed by atoms with Crippen LogP contribution in [0.2, 0.25) is 5.02 Å². The van der Waals surface area contributed by atoms with Crippen LogP contribution in [-0.2, 0) is 11.3 Å². The van der Waals surface area contributed by atoms with Crippen LogP contribution in [0.25, 0.3) is 10.9 Å². The fourth-order valence-corrected chi connectivity index (χ4v) is 3.47. The molecule has 1 atom stereocenters. The van der Waals surface area contributed by atoms with E-state index in [-0.39, 0.29) is 18.7 Å². The third-order valence-corrected chi connectivity index (χ3v) is 4.51. The second-order valence-corrected chi connectivity index (χ2v) is 5.78. The molecule has 0 saturated heterocycles. The topological polar surface area (TPSA) is 71.9 Å². The Kier molecular flexibility index (Phi) is 2.92. The van der Waals surface area contributed by atoms with Crippen molar-refractivity contribution in [2.24, 2.45) is 0 Å². The molecule has 0 fully saturated rings. The van der Waals surface area contributed by atoms with E-state index >= 15 is 0 Å². The molecule has 22 heavy (non-hydrogen) atoms. The number of aromatic nitrogens is 1. The van der Waals surface area contributed by atoms with Crippen molar-refractivity contribution in [1.29, 1.82) is 0 Å². The lowest BCUT2D eigenvalue weighted by atomic mass is 10.00. The van der Waals surface area contributed by atoms with Crippen molar-refractivity contribution in [2.45, 2.75) is 19.5 Å². The second kappa shape index (κ2) is 4.72. The summed E-state index contributed by atoms with van der Waals surface area (Å²) in [5.74, 6) is 0.792. The molecule has 0 spiro atoms. The van der Waals surface area contributed by atoms with Gasteiger partial charge in [-0.2, -0.15) is 0 Å². The highest BCUT2D eigenvalue weighted by molar-refractivity contribution is 6.33. The molecular formula is C15H13ClN2O4. The summed E-state index contributed by atoms with van der Waals surface area (Å²) in [6.07, 6.45) is 1.75. The maximum absolute atomic E-state index is 11.9. The minimum Gasteiger partial charge on any atom is -0.453 e. The molecule has 0 aliphatic carbocycles. The quantitative estimate of drug-likeness (QED) is 0.870. The first-order valence-electron chi connectivity index (χ1n) is 6.91. The Morgan fingerprint density at radius 1 is 1.50 bits per heavy atom. The molecule has 6 nitrogen and oxygen atoms in total. The van der Waals surface area contributed by atoms with Gasteiger partial charge in [-0.3, -0.25) is 9.78 Å². The van der Waals surface area contributed by atoms with E-state index in [9.17, 15) is 4.79 Å². The molecule has 1 amide bonds. The fraction of sp³-hybridized carbons (Fsp3) is 0.333. The van der Waals surface area contributed by atoms with Gasteiger partial charge in [-0.1, -0.05) is 11.6 Å². The summed E-state index contributed by atoms with van der Waals surface area (Å²) in [5, 5.41) is 10.4. The number of fused-ring (bicyclic) bond motifs is 5. The van der Waals surface area contributed by atoms with Crippen LogP contribution in [0, 0.1) is 0 Å². The first-order chi connectivity index (χ1) is 10.6. The van der Waals surface area contributed by atoms with Crippen LogP contribution in [0.5, 0.6) is 11.5 Å². The van der Waals surface area contributed by atoms with Crippen molar-refractivity contribution in [3.8, 4) is 11.5 Å². The first kappa shape index (κ1) is 13.6. The Labute approximate surface area is 131 Å². The number of carbonyl (C=O) groups excluding carboxylic acids is 1. The highest BCUT2D eigenvalue weighted by Crippen LogP contribution is 2.49. The van der Waals surface area contributed by atoms with Crippen molar-refractivity contribution in [3.05, 3.63) is 28.4 Å². The molecule has 4 rings (SSSR count). The van der Waals surface area contributed by atoms with E-state index in [0.29, 0.717) is 28.6 Å². The SMILES string of the molecule is C[C@H]1c2c(cnc3cc(Cl)c4c(c23)OCO4)CN1C(=O)CO. The van der Waals surface area contributed by atoms with Crippen molar-refractivity contribution in [1.82, 2.24) is 9.88 Å². The Balaban J connectivity index is 1.98. The molecule has 3 heterocycles. The van der Waals surface area contributed by atoms with Gasteiger partial charge in [0.15, 0.2) is 11.5 Å². The number of hydrogen-bond donors (Lipinski definition) is 1. The minimum atomic E-state index is -0.507. The smallest absolute Gasteiger partial charge is 0.249 e. The monoisotopic (exact) mass is 320 g/mol. The molecule has 0 saturated carbocycles. The Hall–Kier alpha value is -2.05. The average Bonchev–Trinajstić information content (AvgIpc) is 3.12. The van der Waals surface area contributed by atoms with Crippen molar-refractivity contribution >= 4 is 28.4 Å². The average molecular weight is 321 g/mol. The van der Waals surface area contributed by atoms with Crippen molar-refractivity contribution < 1.29 is 19.4 Å². The predicted octanol–water partition coefficient (Wildman–Crippen LogP) is 2.01. The fourth-order valence-electron chi connectivity index (χ4n) is 3.23. The van der Waals surface area contributed by atoms with Gasteiger partial charge in [-0.15, -0.1) is 0 Å². The summed E-state index contributed by atoms with van der Waals surface area (Å²) < 4.78 is 11.0. The van der Waals surface area contributed by atoms with Crippen molar-refractivity contribution in [2.75, 3.05) is 13.4 Å². The van der Waals surface area contributed by atoms with E-state index in [4.69, 9.17) is 26.2 Å². The first-order valence-corrected chi connectivity index (χ1v) is 7.29. The summed E-state index contributed by atoms with van der Waals surface area (Å²) in [6.45, 7) is 1.96. The summed E-state index contributed by atoms with van der Waals surface area (Å²) in [6, 6.07) is 1.57. The Morgan fingerprint density at radius 2 is 2.27 bits per heavy atom. The lowest BCUT2D eigenvalue weighted by Gasteiger charge is -2.21. The summed E-state index contributed by atoms with van der Waals surface area (Å²) in [7, 11) is 0. The van der Waals surface area contributed by atoms with Crippen LogP contribution in [0.4, 0.5) is 0 Å². The highest BCUT2D eigenvalue weighted by Gasteiger charge is 2.35. The number of ether oxygens (including phenoxy) is 2. The molecule has 1 aromatic heterocycles. The molecule has 0 bridgehead atoms. The molecule has 1 aromatic carbocycles. The molecule has 2 aliphatic heterocycles. The number of pyridine rings is 1. The maximum atomic E-state index is 11.9. The third-order valence-electron chi connectivity index (χ3n) is 4.23. The van der Waals surface area contributed by atoms with Crippen LogP contribution in [0.1, 0.15) is 24.1 Å². The van der Waals surface area contributed by atoms with Crippen LogP contribution in [0.15, 0.2) is 12.3 Å². The van der Waals surface area contributed by atoms with Gasteiger partial charge >= 0.3 is 0 Å². The maximum Gasteiger partial charge on any atom is 0.249 e. The summed E-state index contributed by atoms with van der Waals surface area (Å²) >= 11 is 6.19. The molecular weight excluding hydrogens is 308 g/mol. The van der Waals surface area contributed by atoms with E-state index in [1.54, 1.807) is 17.2 Å². The van der Waals surface area contributed by atoms with Gasteiger partial charge in [-0.05, 0) is 24.1 Å². The van der Waals surface area contributed by atoms with Crippen LogP contribution in [-0.4, -0.2) is 34.3 Å². The van der Waals surface area contributed by atoms with Gasteiger partial charge in [0.2, 0.25) is 12.7 Å². The molecule has 7 heteroatoms. The lowest BCUT2D eigenvalue weighted by molar-refractivity contribution is -0.136. The zero-order chi connectivity index (χ0) is 15.4. The van der Waals surface area contributed by atoms with Crippen LogP contribution < -0.4 is 9.47 Å². The summed E-state index contributed by atoms with van der Waals surface area (Å²) in [5.41, 5.74) is 2.63. The molecule has 2 aromatic rings. The number of amides is 1. The molecule has 0 unspecified atom stereocenters.